The molecular weight excluding hydrogens is 462 g/mol. The van der Waals surface area contributed by atoms with Crippen molar-refractivity contribution in [3.63, 3.8) is 0 Å². The lowest BCUT2D eigenvalue weighted by atomic mass is 10.2. The second kappa shape index (κ2) is 10.5. The molecule has 0 aliphatic carbocycles. The molecule has 0 fully saturated rings. The maximum atomic E-state index is 12.5. The molecule has 0 aliphatic heterocycles. The molecule has 9 nitrogen and oxygen atoms in total. The predicted octanol–water partition coefficient (Wildman–Crippen LogP) is 5.11. The number of carbonyl (C=O) groups excluding carboxylic acids is 2. The molecule has 0 saturated carbocycles. The normalized spacial score (nSPS) is 10.7. The Labute approximate surface area is 205 Å². The van der Waals surface area contributed by atoms with Gasteiger partial charge in [0.05, 0.1) is 12.4 Å². The smallest absolute Gasteiger partial charge is 0.357 e. The van der Waals surface area contributed by atoms with Crippen LogP contribution in [0.2, 0.25) is 0 Å². The van der Waals surface area contributed by atoms with E-state index in [1.165, 1.54) is 18.2 Å². The molecule has 0 bridgehead atoms. The van der Waals surface area contributed by atoms with Gasteiger partial charge in [-0.15, -0.1) is 0 Å². The number of nitrogens with zero attached hydrogens (tertiary/aromatic N) is 3. The number of ether oxygens (including phenoxy) is 2. The second-order valence-corrected chi connectivity index (χ2v) is 7.53. The van der Waals surface area contributed by atoms with Gasteiger partial charge in [0.25, 0.3) is 0 Å². The number of esters is 2. The van der Waals surface area contributed by atoms with Crippen LogP contribution in [0.25, 0.3) is 22.6 Å². The molecule has 9 heteroatoms. The van der Waals surface area contributed by atoms with Crippen molar-refractivity contribution >= 4 is 11.9 Å². The van der Waals surface area contributed by atoms with E-state index in [9.17, 15) is 9.59 Å². The minimum absolute atomic E-state index is 0.0539. The van der Waals surface area contributed by atoms with Crippen LogP contribution in [-0.2, 0) is 22.7 Å². The fraction of sp³-hybridized carbons (Fsp3) is 0.0741. The minimum atomic E-state index is -0.732. The van der Waals surface area contributed by atoms with Gasteiger partial charge in [-0.05, 0) is 12.1 Å². The highest BCUT2D eigenvalue weighted by Gasteiger charge is 2.17. The minimum Gasteiger partial charge on any atom is -0.451 e. The Morgan fingerprint density at radius 2 is 1.06 bits per heavy atom. The van der Waals surface area contributed by atoms with Crippen molar-refractivity contribution in [2.45, 2.75) is 13.2 Å². The van der Waals surface area contributed by atoms with Crippen LogP contribution in [0.15, 0.2) is 100 Å². The molecule has 5 rings (SSSR count). The molecule has 0 spiro atoms. The van der Waals surface area contributed by atoms with Gasteiger partial charge in [0.2, 0.25) is 11.8 Å². The number of carbonyl (C=O) groups is 2. The quantitative estimate of drug-likeness (QED) is 0.279. The highest BCUT2D eigenvalue weighted by atomic mass is 16.5. The first-order valence-electron chi connectivity index (χ1n) is 11.0. The Hall–Kier alpha value is -5.05. The van der Waals surface area contributed by atoms with Crippen LogP contribution in [-0.4, -0.2) is 26.9 Å². The molecule has 36 heavy (non-hydrogen) atoms. The zero-order valence-electron chi connectivity index (χ0n) is 18.9. The standard InChI is InChI=1S/C27H19N3O6/c31-26(33-16-24-28-14-22(35-24)18-8-3-1-4-9-18)20-12-7-13-21(30-20)27(32)34-17-25-29-15-23(36-25)19-10-5-2-6-11-19/h1-15H,16-17H2. The van der Waals surface area contributed by atoms with Gasteiger partial charge < -0.3 is 18.3 Å². The monoisotopic (exact) mass is 481 g/mol. The van der Waals surface area contributed by atoms with Gasteiger partial charge in [-0.2, -0.15) is 0 Å². The van der Waals surface area contributed by atoms with E-state index in [1.54, 1.807) is 12.4 Å². The summed E-state index contributed by atoms with van der Waals surface area (Å²) in [5.74, 6) is 0.128. The maximum absolute atomic E-state index is 12.5. The summed E-state index contributed by atoms with van der Waals surface area (Å²) in [4.78, 5) is 37.2. The molecule has 5 aromatic rings. The molecule has 0 atom stereocenters. The molecule has 0 unspecified atom stereocenters. The third-order valence-electron chi connectivity index (χ3n) is 5.04. The summed E-state index contributed by atoms with van der Waals surface area (Å²) >= 11 is 0. The highest BCUT2D eigenvalue weighted by molar-refractivity contribution is 5.91. The Morgan fingerprint density at radius 1 is 0.611 bits per heavy atom. The van der Waals surface area contributed by atoms with Gasteiger partial charge in [0.15, 0.2) is 24.7 Å². The molecule has 0 N–H and O–H groups in total. The fourth-order valence-electron chi connectivity index (χ4n) is 3.29. The topological polar surface area (TPSA) is 118 Å². The van der Waals surface area contributed by atoms with Gasteiger partial charge in [0, 0.05) is 11.1 Å². The Bertz CT molecular complexity index is 1370. The molecule has 178 valence electrons. The zero-order chi connectivity index (χ0) is 24.7. The van der Waals surface area contributed by atoms with Crippen molar-refractivity contribution < 1.29 is 27.9 Å². The summed E-state index contributed by atoms with van der Waals surface area (Å²) in [6.45, 7) is -0.369. The van der Waals surface area contributed by atoms with Crippen LogP contribution >= 0.6 is 0 Å². The fourth-order valence-corrected chi connectivity index (χ4v) is 3.29. The van der Waals surface area contributed by atoms with Crippen LogP contribution in [0.3, 0.4) is 0 Å². The Kier molecular flexibility index (Phi) is 6.61. The third-order valence-corrected chi connectivity index (χ3v) is 5.04. The van der Waals surface area contributed by atoms with Gasteiger partial charge >= 0.3 is 11.9 Å². The van der Waals surface area contributed by atoms with Crippen molar-refractivity contribution in [3.05, 3.63) is 114 Å². The van der Waals surface area contributed by atoms with Crippen molar-refractivity contribution in [2.24, 2.45) is 0 Å². The predicted molar refractivity (Wildman–Crippen MR) is 126 cm³/mol. The van der Waals surface area contributed by atoms with Crippen molar-refractivity contribution in [1.29, 1.82) is 0 Å². The number of pyridine rings is 1. The number of hydrogen-bond donors (Lipinski definition) is 0. The third kappa shape index (κ3) is 5.36. The summed E-state index contributed by atoms with van der Waals surface area (Å²) in [7, 11) is 0. The van der Waals surface area contributed by atoms with Crippen LogP contribution in [0.4, 0.5) is 0 Å². The van der Waals surface area contributed by atoms with Crippen molar-refractivity contribution in [3.8, 4) is 22.6 Å². The van der Waals surface area contributed by atoms with Crippen LogP contribution in [0.1, 0.15) is 32.8 Å². The first-order valence-corrected chi connectivity index (χ1v) is 11.0. The summed E-state index contributed by atoms with van der Waals surface area (Å²) in [5, 5.41) is 0. The Morgan fingerprint density at radius 3 is 1.50 bits per heavy atom. The van der Waals surface area contributed by atoms with Crippen LogP contribution in [0.5, 0.6) is 0 Å². The molecule has 3 heterocycles. The highest BCUT2D eigenvalue weighted by Crippen LogP contribution is 2.21. The molecule has 0 saturated heterocycles. The van der Waals surface area contributed by atoms with Gasteiger partial charge in [-0.25, -0.2) is 24.5 Å². The molecule has 0 radical (unpaired) electrons. The number of aromatic nitrogens is 3. The number of benzene rings is 2. The average molecular weight is 481 g/mol. The second-order valence-electron chi connectivity index (χ2n) is 7.53. The first-order chi connectivity index (χ1) is 17.7. The van der Waals surface area contributed by atoms with Crippen LogP contribution in [0, 0.1) is 0 Å². The summed E-state index contributed by atoms with van der Waals surface area (Å²) in [6.07, 6.45) is 3.12. The van der Waals surface area contributed by atoms with Crippen LogP contribution < -0.4 is 0 Å². The molecule has 0 amide bonds. The number of oxazole rings is 2. The van der Waals surface area contributed by atoms with Gasteiger partial charge in [-0.3, -0.25) is 0 Å². The van der Waals surface area contributed by atoms with Crippen molar-refractivity contribution in [1.82, 2.24) is 15.0 Å². The Balaban J connectivity index is 1.16. The average Bonchev–Trinajstić information content (AvgIpc) is 3.62. The summed E-state index contributed by atoms with van der Waals surface area (Å²) < 4.78 is 21.7. The first kappa shape index (κ1) is 22.7. The van der Waals surface area contributed by atoms with Gasteiger partial charge in [-0.1, -0.05) is 66.7 Å². The number of hydrogen-bond acceptors (Lipinski definition) is 9. The lowest BCUT2D eigenvalue weighted by Gasteiger charge is -2.05. The van der Waals surface area contributed by atoms with E-state index in [0.717, 1.165) is 11.1 Å². The lowest BCUT2D eigenvalue weighted by Crippen LogP contribution is -2.13. The van der Waals surface area contributed by atoms with E-state index in [4.69, 9.17) is 18.3 Å². The van der Waals surface area contributed by atoms with E-state index in [2.05, 4.69) is 15.0 Å². The van der Waals surface area contributed by atoms with E-state index in [0.29, 0.717) is 11.5 Å². The summed E-state index contributed by atoms with van der Waals surface area (Å²) in [6, 6.07) is 23.2. The largest absolute Gasteiger partial charge is 0.451 e. The van der Waals surface area contributed by atoms with Gasteiger partial charge in [0.1, 0.15) is 11.4 Å². The zero-order valence-corrected chi connectivity index (χ0v) is 18.9. The molecular formula is C27H19N3O6. The van der Waals surface area contributed by atoms with Crippen molar-refractivity contribution in [2.75, 3.05) is 0 Å². The number of rotatable bonds is 8. The maximum Gasteiger partial charge on any atom is 0.357 e. The van der Waals surface area contributed by atoms with E-state index in [-0.39, 0.29) is 36.4 Å². The van der Waals surface area contributed by atoms with E-state index >= 15 is 0 Å². The van der Waals surface area contributed by atoms with E-state index < -0.39 is 11.9 Å². The molecule has 3 aromatic heterocycles. The summed E-state index contributed by atoms with van der Waals surface area (Å²) in [5.41, 5.74) is 1.61. The molecule has 0 aliphatic rings. The molecule has 2 aromatic carbocycles. The van der Waals surface area contributed by atoms with E-state index in [1.807, 2.05) is 60.7 Å². The SMILES string of the molecule is O=C(OCc1ncc(-c2ccccc2)o1)c1cccc(C(=O)OCc2ncc(-c3ccccc3)o2)n1. The lowest BCUT2D eigenvalue weighted by molar-refractivity contribution is 0.0421.